The highest BCUT2D eigenvalue weighted by Crippen LogP contribution is 2.07. The SMILES string of the molecule is CCCCCCCCOC(=O)B(BC(=O)O)P=O. The van der Waals surface area contributed by atoms with Crippen molar-refractivity contribution in [1.29, 1.82) is 0 Å². The molecule has 5 nitrogen and oxygen atoms in total. The Morgan fingerprint density at radius 3 is 2.39 bits per heavy atom. The van der Waals surface area contributed by atoms with Crippen molar-refractivity contribution >= 4 is 33.6 Å². The smallest absolute Gasteiger partial charge is 0.365 e. The fraction of sp³-hybridized carbons (Fsp3) is 0.800. The van der Waals surface area contributed by atoms with Crippen molar-refractivity contribution in [1.82, 2.24) is 0 Å². The molecule has 0 aliphatic rings. The Hall–Kier alpha value is -0.830. The molecule has 100 valence electrons. The summed E-state index contributed by atoms with van der Waals surface area (Å²) in [6.45, 7) is 2.42. The molecule has 1 N–H and O–H groups in total. The van der Waals surface area contributed by atoms with Crippen LogP contribution in [0.1, 0.15) is 45.4 Å². The molecule has 0 aliphatic carbocycles. The maximum atomic E-state index is 11.4. The Kier molecular flexibility index (Phi) is 10.8. The molecule has 8 heteroatoms. The molecule has 0 bridgehead atoms. The normalized spacial score (nSPS) is 10.1. The third-order valence-corrected chi connectivity index (χ3v) is 3.16. The topological polar surface area (TPSA) is 80.7 Å². The van der Waals surface area contributed by atoms with Crippen LogP contribution in [0.25, 0.3) is 0 Å². The molecule has 0 fully saturated rings. The lowest BCUT2D eigenvalue weighted by atomic mass is 9.37. The van der Waals surface area contributed by atoms with Gasteiger partial charge in [-0.15, -0.1) is 0 Å². The predicted octanol–water partition coefficient (Wildman–Crippen LogP) is 2.96. The molecule has 0 aliphatic heterocycles. The molecule has 0 rings (SSSR count). The fourth-order valence-electron chi connectivity index (χ4n) is 1.48. The summed E-state index contributed by atoms with van der Waals surface area (Å²) in [6, 6.07) is 0. The summed E-state index contributed by atoms with van der Waals surface area (Å²) in [5.41, 5.74) is 0. The summed E-state index contributed by atoms with van der Waals surface area (Å²) in [6.07, 6.45) is 5.39. The van der Waals surface area contributed by atoms with Crippen molar-refractivity contribution in [2.75, 3.05) is 6.61 Å². The van der Waals surface area contributed by atoms with E-state index in [9.17, 15) is 14.2 Å². The Bertz CT molecular complexity index is 275. The Labute approximate surface area is 110 Å². The second kappa shape index (κ2) is 11.3. The minimum atomic E-state index is -1.15. The highest BCUT2D eigenvalue weighted by molar-refractivity contribution is 7.86. The van der Waals surface area contributed by atoms with Crippen LogP contribution in [0.4, 0.5) is 9.59 Å². The van der Waals surface area contributed by atoms with E-state index in [4.69, 9.17) is 9.84 Å². The predicted molar refractivity (Wildman–Crippen MR) is 73.3 cm³/mol. The standard InChI is InChI=1S/C10H19B2O5P/c1-2-3-4-5-6-7-8-17-10(15)12(18-16)11-9(13)14/h11H,2-8H2,1H3,(H,13,14). The van der Waals surface area contributed by atoms with Crippen LogP contribution in [0.3, 0.4) is 0 Å². The van der Waals surface area contributed by atoms with Crippen molar-refractivity contribution in [3.05, 3.63) is 0 Å². The van der Waals surface area contributed by atoms with Gasteiger partial charge in [-0.1, -0.05) is 39.0 Å². The number of unbranched alkanes of at least 4 members (excludes halogenated alkanes) is 5. The summed E-state index contributed by atoms with van der Waals surface area (Å²) in [7, 11) is -0.956. The van der Waals surface area contributed by atoms with Crippen LogP contribution in [0, 0.1) is 0 Å². The number of carboxylic acid groups (broad SMARTS) is 1. The number of hydrogen-bond donors (Lipinski definition) is 1. The first-order valence-corrected chi connectivity index (χ1v) is 7.20. The molecule has 0 heterocycles. The van der Waals surface area contributed by atoms with E-state index >= 15 is 0 Å². The van der Waals surface area contributed by atoms with E-state index in [2.05, 4.69) is 6.92 Å². The zero-order chi connectivity index (χ0) is 13.8. The number of carbonyl (C=O) groups is 2. The minimum absolute atomic E-state index is 0.274. The van der Waals surface area contributed by atoms with E-state index in [0.29, 0.717) is 0 Å². The van der Waals surface area contributed by atoms with Gasteiger partial charge >= 0.3 is 6.32 Å². The van der Waals surface area contributed by atoms with E-state index in [-0.39, 0.29) is 6.61 Å². The summed E-state index contributed by atoms with van der Waals surface area (Å²) in [4.78, 5) is 21.8. The van der Waals surface area contributed by atoms with Crippen LogP contribution in [0.5, 0.6) is 0 Å². The van der Waals surface area contributed by atoms with Gasteiger partial charge in [0.05, 0.1) is 6.61 Å². The van der Waals surface area contributed by atoms with E-state index in [1.165, 1.54) is 19.3 Å². The molecule has 0 spiro atoms. The van der Waals surface area contributed by atoms with Crippen molar-refractivity contribution in [2.24, 2.45) is 0 Å². The van der Waals surface area contributed by atoms with E-state index < -0.39 is 33.6 Å². The first-order chi connectivity index (χ1) is 8.61. The highest BCUT2D eigenvalue weighted by atomic mass is 31.1. The van der Waals surface area contributed by atoms with Crippen molar-refractivity contribution in [3.63, 3.8) is 0 Å². The second-order valence-electron chi connectivity index (χ2n) is 4.15. The zero-order valence-corrected chi connectivity index (χ0v) is 11.7. The largest absolute Gasteiger partial charge is 0.490 e. The molecular weight excluding hydrogens is 253 g/mol. The van der Waals surface area contributed by atoms with Crippen LogP contribution in [-0.2, 0) is 9.30 Å². The van der Waals surface area contributed by atoms with Gasteiger partial charge in [0.2, 0.25) is 5.87 Å². The van der Waals surface area contributed by atoms with Crippen LogP contribution in [-0.4, -0.2) is 36.9 Å². The minimum Gasteiger partial charge on any atom is -0.490 e. The number of carbonyl (C=O) groups excluding carboxylic acids is 1. The molecule has 0 atom stereocenters. The van der Waals surface area contributed by atoms with Crippen molar-refractivity contribution in [2.45, 2.75) is 45.4 Å². The van der Waals surface area contributed by atoms with Gasteiger partial charge in [-0.25, -0.2) is 0 Å². The summed E-state index contributed by atoms with van der Waals surface area (Å²) in [5, 5.41) is 8.50. The third kappa shape index (κ3) is 9.23. The van der Waals surface area contributed by atoms with Crippen LogP contribution in [0.15, 0.2) is 0 Å². The Balaban J connectivity index is 3.62. The van der Waals surface area contributed by atoms with Gasteiger partial charge in [0.25, 0.3) is 13.0 Å². The third-order valence-electron chi connectivity index (χ3n) is 2.51. The molecular formula is C10H19B2O5P. The van der Waals surface area contributed by atoms with Gasteiger partial charge < -0.3 is 9.84 Å². The summed E-state index contributed by atoms with van der Waals surface area (Å²) >= 11 is 0. The highest BCUT2D eigenvalue weighted by Gasteiger charge is 2.31. The van der Waals surface area contributed by atoms with Gasteiger partial charge in [-0.05, 0) is 6.42 Å². The molecule has 0 aromatic rings. The maximum Gasteiger partial charge on any atom is 0.365 e. The van der Waals surface area contributed by atoms with Gasteiger partial charge in [-0.3, -0.25) is 14.2 Å². The quantitative estimate of drug-likeness (QED) is 0.355. The average Bonchev–Trinajstić information content (AvgIpc) is 2.34. The maximum absolute atomic E-state index is 11.4. The fourth-order valence-corrected chi connectivity index (χ4v) is 1.87. The molecule has 18 heavy (non-hydrogen) atoms. The van der Waals surface area contributed by atoms with Crippen LogP contribution in [0.2, 0.25) is 0 Å². The first kappa shape index (κ1) is 17.2. The van der Waals surface area contributed by atoms with Gasteiger partial charge in [-0.2, -0.15) is 0 Å². The van der Waals surface area contributed by atoms with E-state index in [1.807, 2.05) is 0 Å². The molecule has 0 radical (unpaired) electrons. The monoisotopic (exact) mass is 272 g/mol. The molecule has 0 amide bonds. The lowest BCUT2D eigenvalue weighted by Gasteiger charge is -2.05. The molecule has 0 saturated carbocycles. The molecule has 0 aromatic carbocycles. The average molecular weight is 272 g/mol. The molecule has 0 aromatic heterocycles. The zero-order valence-electron chi connectivity index (χ0n) is 10.8. The lowest BCUT2D eigenvalue weighted by molar-refractivity contribution is 0.170. The lowest BCUT2D eigenvalue weighted by Crippen LogP contribution is -2.33. The van der Waals surface area contributed by atoms with Gasteiger partial charge in [0, 0.05) is 0 Å². The molecule has 0 saturated heterocycles. The number of ether oxygens (including phenoxy) is 1. The van der Waals surface area contributed by atoms with Crippen molar-refractivity contribution in [3.8, 4) is 0 Å². The van der Waals surface area contributed by atoms with E-state index in [0.717, 1.165) is 19.3 Å². The van der Waals surface area contributed by atoms with Gasteiger partial charge in [0.1, 0.15) is 8.34 Å². The van der Waals surface area contributed by atoms with E-state index in [1.54, 1.807) is 0 Å². The van der Waals surface area contributed by atoms with Crippen LogP contribution < -0.4 is 0 Å². The summed E-state index contributed by atoms with van der Waals surface area (Å²) in [5.74, 6) is -1.84. The second-order valence-corrected chi connectivity index (χ2v) is 4.99. The number of rotatable bonds is 11. The number of hydrogen-bond acceptors (Lipinski definition) is 4. The molecule has 0 unspecified atom stereocenters. The Morgan fingerprint density at radius 2 is 1.83 bits per heavy atom. The van der Waals surface area contributed by atoms with Gasteiger partial charge in [0.15, 0.2) is 0 Å². The summed E-state index contributed by atoms with van der Waals surface area (Å²) < 4.78 is 15.5. The first-order valence-electron chi connectivity index (χ1n) is 6.32. The Morgan fingerprint density at radius 1 is 1.22 bits per heavy atom. The van der Waals surface area contributed by atoms with Crippen molar-refractivity contribution < 1.29 is 24.0 Å². The van der Waals surface area contributed by atoms with Crippen LogP contribution >= 0.6 is 8.34 Å².